The Morgan fingerprint density at radius 1 is 1.46 bits per heavy atom. The fraction of sp³-hybridized carbons (Fsp3) is 0. The van der Waals surface area contributed by atoms with Crippen molar-refractivity contribution < 1.29 is 9.72 Å². The van der Waals surface area contributed by atoms with Crippen molar-refractivity contribution in [1.29, 1.82) is 0 Å². The van der Waals surface area contributed by atoms with Crippen LogP contribution in [0.3, 0.4) is 0 Å². The second-order valence-electron chi connectivity index (χ2n) is 2.20. The highest BCUT2D eigenvalue weighted by Gasteiger charge is 2.21. The smallest absolute Gasteiger partial charge is 0.298 e. The standard InChI is InChI=1S/C7H5ClN2O3/c8-9-6-4-2-1-3-5(6)7(11)10(12)13/h1-4,9H. The number of para-hydroxylation sites is 1. The van der Waals surface area contributed by atoms with Gasteiger partial charge in [0.15, 0.2) is 0 Å². The molecule has 0 bridgehead atoms. The largest absolute Gasteiger partial charge is 0.478 e. The van der Waals surface area contributed by atoms with E-state index in [1.807, 2.05) is 0 Å². The number of nitro groups is 1. The van der Waals surface area contributed by atoms with Crippen LogP contribution in [0, 0.1) is 10.1 Å². The molecule has 6 heteroatoms. The number of nitrogens with one attached hydrogen (secondary N) is 1. The van der Waals surface area contributed by atoms with E-state index in [0.29, 0.717) is 0 Å². The van der Waals surface area contributed by atoms with E-state index in [4.69, 9.17) is 11.8 Å². The Morgan fingerprint density at radius 3 is 2.62 bits per heavy atom. The van der Waals surface area contributed by atoms with Crippen molar-refractivity contribution in [2.24, 2.45) is 0 Å². The second-order valence-corrected chi connectivity index (χ2v) is 2.39. The third kappa shape index (κ3) is 1.94. The summed E-state index contributed by atoms with van der Waals surface area (Å²) in [6.07, 6.45) is 0. The highest BCUT2D eigenvalue weighted by molar-refractivity contribution is 6.25. The summed E-state index contributed by atoms with van der Waals surface area (Å²) in [6.45, 7) is 0. The summed E-state index contributed by atoms with van der Waals surface area (Å²) in [5, 5.41) is 10.2. The van der Waals surface area contributed by atoms with Crippen molar-refractivity contribution in [3.8, 4) is 0 Å². The van der Waals surface area contributed by atoms with E-state index >= 15 is 0 Å². The van der Waals surface area contributed by atoms with E-state index in [2.05, 4.69) is 4.84 Å². The maximum absolute atomic E-state index is 10.9. The molecule has 0 saturated heterocycles. The third-order valence-corrected chi connectivity index (χ3v) is 1.63. The van der Waals surface area contributed by atoms with Crippen molar-refractivity contribution in [3.63, 3.8) is 0 Å². The lowest BCUT2D eigenvalue weighted by molar-refractivity contribution is -0.375. The van der Waals surface area contributed by atoms with E-state index < -0.39 is 10.8 Å². The minimum absolute atomic E-state index is 0.0532. The first-order valence-corrected chi connectivity index (χ1v) is 3.69. The number of carbonyl (C=O) groups is 1. The molecule has 0 spiro atoms. The quantitative estimate of drug-likeness (QED) is 0.448. The lowest BCUT2D eigenvalue weighted by Crippen LogP contribution is -2.12. The number of benzene rings is 1. The molecule has 0 saturated carbocycles. The second kappa shape index (κ2) is 3.86. The lowest BCUT2D eigenvalue weighted by atomic mass is 10.2. The van der Waals surface area contributed by atoms with Gasteiger partial charge < -0.3 is 0 Å². The van der Waals surface area contributed by atoms with Gasteiger partial charge in [-0.25, -0.2) is 4.79 Å². The van der Waals surface area contributed by atoms with Gasteiger partial charge in [-0.2, -0.15) is 0 Å². The highest BCUT2D eigenvalue weighted by atomic mass is 35.5. The number of anilines is 1. The SMILES string of the molecule is O=C(c1ccccc1NCl)[N+](=O)[O-]. The summed E-state index contributed by atoms with van der Waals surface area (Å²) in [6, 6.07) is 5.94. The number of halogens is 1. The van der Waals surface area contributed by atoms with Crippen molar-refractivity contribution in [3.05, 3.63) is 39.9 Å². The molecule has 1 rings (SSSR count). The van der Waals surface area contributed by atoms with Gasteiger partial charge in [0.25, 0.3) is 0 Å². The fourth-order valence-electron chi connectivity index (χ4n) is 0.850. The molecule has 1 N–H and O–H groups in total. The van der Waals surface area contributed by atoms with Crippen LogP contribution in [-0.2, 0) is 0 Å². The molecule has 0 unspecified atom stereocenters. The molecule has 0 radical (unpaired) electrons. The third-order valence-electron chi connectivity index (χ3n) is 1.43. The van der Waals surface area contributed by atoms with E-state index in [1.165, 1.54) is 18.2 Å². The maximum atomic E-state index is 10.9. The first-order valence-electron chi connectivity index (χ1n) is 3.31. The zero-order valence-corrected chi connectivity index (χ0v) is 7.12. The Balaban J connectivity index is 3.13. The van der Waals surface area contributed by atoms with Crippen molar-refractivity contribution in [1.82, 2.24) is 0 Å². The Morgan fingerprint density at radius 2 is 2.08 bits per heavy atom. The summed E-state index contributed by atoms with van der Waals surface area (Å²) in [4.78, 5) is 22.3. The van der Waals surface area contributed by atoms with Crippen LogP contribution in [0.2, 0.25) is 0 Å². The number of carbonyl (C=O) groups excluding carboxylic acids is 1. The maximum Gasteiger partial charge on any atom is 0.478 e. The molecule has 0 heterocycles. The molecule has 0 fully saturated rings. The Kier molecular flexibility index (Phi) is 2.81. The number of rotatable bonds is 2. The van der Waals surface area contributed by atoms with Crippen LogP contribution in [0.15, 0.2) is 24.3 Å². The van der Waals surface area contributed by atoms with Gasteiger partial charge in [0.2, 0.25) is 0 Å². The van der Waals surface area contributed by atoms with Gasteiger partial charge >= 0.3 is 5.91 Å². The molecule has 1 amide bonds. The fourth-order valence-corrected chi connectivity index (χ4v) is 1.02. The molecule has 5 nitrogen and oxygen atoms in total. The van der Waals surface area contributed by atoms with Gasteiger partial charge in [0.1, 0.15) is 10.5 Å². The Labute approximate surface area is 78.6 Å². The van der Waals surface area contributed by atoms with Gasteiger partial charge in [0.05, 0.1) is 5.69 Å². The zero-order valence-electron chi connectivity index (χ0n) is 6.36. The van der Waals surface area contributed by atoms with E-state index in [9.17, 15) is 14.9 Å². The summed E-state index contributed by atoms with van der Waals surface area (Å²) < 4.78 is 0. The van der Waals surface area contributed by atoms with Crippen LogP contribution >= 0.6 is 11.8 Å². The molecule has 0 aliphatic heterocycles. The molecule has 0 aliphatic carbocycles. The number of hydrogen-bond acceptors (Lipinski definition) is 4. The van der Waals surface area contributed by atoms with E-state index in [1.54, 1.807) is 6.07 Å². The van der Waals surface area contributed by atoms with Crippen molar-refractivity contribution in [2.45, 2.75) is 0 Å². The van der Waals surface area contributed by atoms with Crippen LogP contribution in [0.4, 0.5) is 5.69 Å². The average Bonchev–Trinajstić information content (AvgIpc) is 2.16. The predicted molar refractivity (Wildman–Crippen MR) is 47.2 cm³/mol. The van der Waals surface area contributed by atoms with Crippen LogP contribution in [0.1, 0.15) is 10.4 Å². The zero-order chi connectivity index (χ0) is 9.84. The highest BCUT2D eigenvalue weighted by Crippen LogP contribution is 2.16. The number of nitrogens with zero attached hydrogens (tertiary/aromatic N) is 1. The topological polar surface area (TPSA) is 72.2 Å². The van der Waals surface area contributed by atoms with Gasteiger partial charge in [-0.15, -0.1) is 0 Å². The van der Waals surface area contributed by atoms with Gasteiger partial charge in [-0.05, 0) is 12.1 Å². The Hall–Kier alpha value is -1.62. The lowest BCUT2D eigenvalue weighted by Gasteiger charge is -1.99. The summed E-state index contributed by atoms with van der Waals surface area (Å²) in [7, 11) is 0. The number of amides is 1. The van der Waals surface area contributed by atoms with Crippen LogP contribution in [-0.4, -0.2) is 10.8 Å². The summed E-state index contributed by atoms with van der Waals surface area (Å²) in [5.41, 5.74) is 0.174. The molecular weight excluding hydrogens is 196 g/mol. The van der Waals surface area contributed by atoms with Crippen molar-refractivity contribution >= 4 is 23.4 Å². The first kappa shape index (κ1) is 9.47. The van der Waals surface area contributed by atoms with Gasteiger partial charge in [0, 0.05) is 11.8 Å². The van der Waals surface area contributed by atoms with Crippen LogP contribution in [0.25, 0.3) is 0 Å². The average molecular weight is 201 g/mol. The minimum Gasteiger partial charge on any atom is -0.298 e. The van der Waals surface area contributed by atoms with Gasteiger partial charge in [-0.3, -0.25) is 15.0 Å². The molecule has 68 valence electrons. The predicted octanol–water partition coefficient (Wildman–Crippen LogP) is 1.67. The molecule has 0 aromatic heterocycles. The van der Waals surface area contributed by atoms with Crippen LogP contribution in [0.5, 0.6) is 0 Å². The van der Waals surface area contributed by atoms with Crippen LogP contribution < -0.4 is 4.84 Å². The molecular formula is C7H5ClN2O3. The monoisotopic (exact) mass is 200 g/mol. The molecule has 1 aromatic carbocycles. The summed E-state index contributed by atoms with van der Waals surface area (Å²) in [5.74, 6) is -1.18. The van der Waals surface area contributed by atoms with Gasteiger partial charge in [-0.1, -0.05) is 12.1 Å². The Bertz CT molecular complexity index is 353. The minimum atomic E-state index is -1.18. The normalized spacial score (nSPS) is 9.31. The summed E-state index contributed by atoms with van der Waals surface area (Å²) >= 11 is 5.26. The molecule has 1 aromatic rings. The number of hydrogen-bond donors (Lipinski definition) is 1. The molecule has 0 aliphatic rings. The molecule has 0 atom stereocenters. The van der Waals surface area contributed by atoms with E-state index in [0.717, 1.165) is 0 Å². The van der Waals surface area contributed by atoms with Crippen molar-refractivity contribution in [2.75, 3.05) is 4.84 Å². The first-order chi connectivity index (χ1) is 6.16. The van der Waals surface area contributed by atoms with E-state index in [-0.39, 0.29) is 11.3 Å². The molecule has 13 heavy (non-hydrogen) atoms.